The molecule has 44 heavy (non-hydrogen) atoms. The Morgan fingerprint density at radius 3 is 1.14 bits per heavy atom. The van der Waals surface area contributed by atoms with Crippen LogP contribution in [0.3, 0.4) is 0 Å². The van der Waals surface area contributed by atoms with Crippen LogP contribution in [0.25, 0.3) is 66.6 Å². The van der Waals surface area contributed by atoms with Gasteiger partial charge in [0.1, 0.15) is 0 Å². The molecule has 3 heteroatoms. The maximum Gasteiger partial charge on any atom is 0.164 e. The summed E-state index contributed by atoms with van der Waals surface area (Å²) in [6, 6.07) is 48.7. The molecule has 0 atom stereocenters. The van der Waals surface area contributed by atoms with Crippen molar-refractivity contribution < 1.29 is 0 Å². The van der Waals surface area contributed by atoms with E-state index in [9.17, 15) is 0 Å². The topological polar surface area (TPSA) is 38.7 Å². The number of nitrogens with zero attached hydrogens (tertiary/aromatic N) is 3. The molecule has 1 aliphatic rings. The van der Waals surface area contributed by atoms with Crippen LogP contribution in [-0.4, -0.2) is 15.0 Å². The quantitative estimate of drug-likeness (QED) is 0.196. The van der Waals surface area contributed by atoms with Crippen molar-refractivity contribution in [3.63, 3.8) is 0 Å². The second-order valence-corrected chi connectivity index (χ2v) is 11.1. The summed E-state index contributed by atoms with van der Waals surface area (Å²) >= 11 is 0. The van der Waals surface area contributed by atoms with Gasteiger partial charge in [-0.05, 0) is 62.2 Å². The third-order valence-electron chi connectivity index (χ3n) is 8.45. The van der Waals surface area contributed by atoms with Crippen molar-refractivity contribution in [2.45, 2.75) is 12.8 Å². The van der Waals surface area contributed by atoms with Crippen LogP contribution in [0.1, 0.15) is 24.2 Å². The van der Waals surface area contributed by atoms with Crippen LogP contribution in [0.2, 0.25) is 0 Å². The maximum absolute atomic E-state index is 4.98. The Balaban J connectivity index is 1.28. The molecule has 0 saturated heterocycles. The SMILES string of the molecule is C1=C(c2nc(-c3ccccc3)nc(-c3ccccc3)n2)CCC(c2c3ccccc3c(-c3ccccc3)c3ccccc23)=C1. The van der Waals surface area contributed by atoms with Crippen LogP contribution in [0.5, 0.6) is 0 Å². The Morgan fingerprint density at radius 1 is 0.318 bits per heavy atom. The van der Waals surface area contributed by atoms with E-state index >= 15 is 0 Å². The summed E-state index contributed by atoms with van der Waals surface area (Å²) < 4.78 is 0. The zero-order chi connectivity index (χ0) is 29.3. The molecule has 1 aliphatic carbocycles. The van der Waals surface area contributed by atoms with Crippen LogP contribution in [0.15, 0.2) is 152 Å². The number of hydrogen-bond donors (Lipinski definition) is 0. The minimum absolute atomic E-state index is 0.693. The number of allylic oxidation sites excluding steroid dienone is 4. The summed E-state index contributed by atoms with van der Waals surface area (Å²) in [6.45, 7) is 0. The van der Waals surface area contributed by atoms with E-state index in [-0.39, 0.29) is 0 Å². The van der Waals surface area contributed by atoms with Crippen LogP contribution >= 0.6 is 0 Å². The van der Waals surface area contributed by atoms with E-state index in [4.69, 9.17) is 15.0 Å². The second-order valence-electron chi connectivity index (χ2n) is 11.1. The lowest BCUT2D eigenvalue weighted by Crippen LogP contribution is -2.04. The molecule has 3 nitrogen and oxygen atoms in total. The Kier molecular flexibility index (Phi) is 6.62. The molecule has 0 N–H and O–H groups in total. The number of benzene rings is 6. The lowest BCUT2D eigenvalue weighted by molar-refractivity contribution is 0.986. The van der Waals surface area contributed by atoms with Gasteiger partial charge in [-0.2, -0.15) is 0 Å². The van der Waals surface area contributed by atoms with Gasteiger partial charge in [0.15, 0.2) is 17.5 Å². The third-order valence-corrected chi connectivity index (χ3v) is 8.45. The van der Waals surface area contributed by atoms with Gasteiger partial charge in [-0.3, -0.25) is 0 Å². The van der Waals surface area contributed by atoms with Gasteiger partial charge in [-0.1, -0.05) is 152 Å². The van der Waals surface area contributed by atoms with Crippen LogP contribution in [0, 0.1) is 0 Å². The summed E-state index contributed by atoms with van der Waals surface area (Å²) in [6.07, 6.45) is 6.24. The first-order valence-electron chi connectivity index (χ1n) is 15.1. The molecule has 8 rings (SSSR count). The Bertz CT molecular complexity index is 2080. The van der Waals surface area contributed by atoms with Crippen LogP contribution in [0.4, 0.5) is 0 Å². The van der Waals surface area contributed by atoms with E-state index in [1.807, 2.05) is 36.4 Å². The van der Waals surface area contributed by atoms with Crippen molar-refractivity contribution >= 4 is 32.7 Å². The average Bonchev–Trinajstić information content (AvgIpc) is 3.11. The Hall–Kier alpha value is -5.67. The number of fused-ring (bicyclic) bond motifs is 2. The van der Waals surface area contributed by atoms with Crippen molar-refractivity contribution in [1.29, 1.82) is 0 Å². The third kappa shape index (κ3) is 4.69. The van der Waals surface area contributed by atoms with E-state index in [1.54, 1.807) is 0 Å². The van der Waals surface area contributed by atoms with Crippen molar-refractivity contribution in [2.75, 3.05) is 0 Å². The van der Waals surface area contributed by atoms with E-state index in [1.165, 1.54) is 43.8 Å². The normalized spacial score (nSPS) is 13.1. The van der Waals surface area contributed by atoms with Crippen LogP contribution < -0.4 is 0 Å². The fourth-order valence-electron chi connectivity index (χ4n) is 6.37. The Morgan fingerprint density at radius 2 is 0.682 bits per heavy atom. The van der Waals surface area contributed by atoms with Gasteiger partial charge in [0, 0.05) is 11.1 Å². The highest BCUT2D eigenvalue weighted by Gasteiger charge is 2.21. The first-order chi connectivity index (χ1) is 21.8. The average molecular weight is 564 g/mol. The van der Waals surface area contributed by atoms with Crippen LogP contribution in [-0.2, 0) is 0 Å². The molecule has 0 spiro atoms. The standard InChI is InChI=1S/C41H29N3/c1-4-14-28(15-5-1)37-33-20-10-12-22-35(33)38(36-23-13-11-21-34(36)37)29-24-26-32(27-25-29)41-43-39(30-16-6-2-7-17-30)42-40(44-41)31-18-8-3-9-19-31/h1-24,26H,25,27H2. The van der Waals surface area contributed by atoms with Crippen molar-refractivity contribution in [3.05, 3.63) is 163 Å². The minimum atomic E-state index is 0.693. The zero-order valence-electron chi connectivity index (χ0n) is 24.2. The summed E-state index contributed by atoms with van der Waals surface area (Å²) in [5.41, 5.74) is 8.28. The largest absolute Gasteiger partial charge is 0.209 e. The lowest BCUT2D eigenvalue weighted by atomic mass is 9.83. The summed E-state index contributed by atoms with van der Waals surface area (Å²) in [5, 5.41) is 5.12. The predicted octanol–water partition coefficient (Wildman–Crippen LogP) is 10.4. The molecule has 7 aromatic rings. The fraction of sp³-hybridized carbons (Fsp3) is 0.0488. The highest BCUT2D eigenvalue weighted by atomic mass is 15.0. The number of rotatable bonds is 5. The molecule has 0 bridgehead atoms. The van der Waals surface area contributed by atoms with Gasteiger partial charge in [0.25, 0.3) is 0 Å². The maximum atomic E-state index is 4.98. The molecule has 6 aromatic carbocycles. The molecule has 0 fully saturated rings. The fourth-order valence-corrected chi connectivity index (χ4v) is 6.37. The van der Waals surface area contributed by atoms with Gasteiger partial charge < -0.3 is 0 Å². The predicted molar refractivity (Wildman–Crippen MR) is 183 cm³/mol. The van der Waals surface area contributed by atoms with E-state index < -0.39 is 0 Å². The first-order valence-corrected chi connectivity index (χ1v) is 15.1. The van der Waals surface area contributed by atoms with Crippen molar-refractivity contribution in [3.8, 4) is 33.9 Å². The van der Waals surface area contributed by atoms with Gasteiger partial charge in [0.2, 0.25) is 0 Å². The number of hydrogen-bond acceptors (Lipinski definition) is 3. The van der Waals surface area contributed by atoms with Gasteiger partial charge in [-0.15, -0.1) is 0 Å². The molecule has 0 amide bonds. The monoisotopic (exact) mass is 563 g/mol. The molecule has 208 valence electrons. The highest BCUT2D eigenvalue weighted by molar-refractivity contribution is 6.19. The molecular weight excluding hydrogens is 534 g/mol. The zero-order valence-corrected chi connectivity index (χ0v) is 24.2. The first kappa shape index (κ1) is 26.0. The highest BCUT2D eigenvalue weighted by Crippen LogP contribution is 2.44. The van der Waals surface area contributed by atoms with Gasteiger partial charge in [0.05, 0.1) is 0 Å². The van der Waals surface area contributed by atoms with Gasteiger partial charge >= 0.3 is 0 Å². The van der Waals surface area contributed by atoms with Crippen molar-refractivity contribution in [2.24, 2.45) is 0 Å². The van der Waals surface area contributed by atoms with E-state index in [0.29, 0.717) is 11.6 Å². The second kappa shape index (κ2) is 11.2. The minimum Gasteiger partial charge on any atom is -0.209 e. The summed E-state index contributed by atoms with van der Waals surface area (Å²) in [7, 11) is 0. The molecule has 0 saturated carbocycles. The summed E-state index contributed by atoms with van der Waals surface area (Å²) in [4.78, 5) is 14.8. The lowest BCUT2D eigenvalue weighted by Gasteiger charge is -2.21. The molecule has 1 heterocycles. The molecular formula is C41H29N3. The molecule has 0 aliphatic heterocycles. The number of aromatic nitrogens is 3. The molecule has 0 radical (unpaired) electrons. The van der Waals surface area contributed by atoms with E-state index in [2.05, 4.69) is 115 Å². The van der Waals surface area contributed by atoms with E-state index in [0.717, 1.165) is 35.4 Å². The van der Waals surface area contributed by atoms with Crippen molar-refractivity contribution in [1.82, 2.24) is 15.0 Å². The smallest absolute Gasteiger partial charge is 0.164 e. The molecule has 0 unspecified atom stereocenters. The van der Waals surface area contributed by atoms with Gasteiger partial charge in [-0.25, -0.2) is 15.0 Å². The Labute approximate surface area is 256 Å². The summed E-state index contributed by atoms with van der Waals surface area (Å²) in [5.74, 6) is 2.12. The molecule has 1 aromatic heterocycles.